The fraction of sp³-hybridized carbons (Fsp3) is 0.562. The number of hydrazine groups is 1. The molecule has 1 aromatic rings. The van der Waals surface area contributed by atoms with Crippen LogP contribution in [0.5, 0.6) is 5.75 Å². The van der Waals surface area contributed by atoms with Gasteiger partial charge in [0.25, 0.3) is 0 Å². The van der Waals surface area contributed by atoms with Gasteiger partial charge < -0.3 is 20.9 Å². The van der Waals surface area contributed by atoms with Gasteiger partial charge in [-0.2, -0.15) is 5.26 Å². The first-order chi connectivity index (χ1) is 12.6. The Labute approximate surface area is 151 Å². The molecule has 10 nitrogen and oxygen atoms in total. The minimum absolute atomic E-state index is 0.121. The maximum atomic E-state index is 12.8. The summed E-state index contributed by atoms with van der Waals surface area (Å²) < 4.78 is 5.42. The van der Waals surface area contributed by atoms with E-state index in [9.17, 15) is 4.79 Å². The highest BCUT2D eigenvalue weighted by molar-refractivity contribution is 5.94. The Morgan fingerprint density at radius 1 is 1.62 bits per heavy atom. The summed E-state index contributed by atoms with van der Waals surface area (Å²) in [7, 11) is 0. The molecule has 1 amide bonds. The lowest BCUT2D eigenvalue weighted by molar-refractivity contribution is -0.121. The van der Waals surface area contributed by atoms with Crippen LogP contribution in [-0.4, -0.2) is 59.6 Å². The Morgan fingerprint density at radius 2 is 2.46 bits per heavy atom. The lowest BCUT2D eigenvalue weighted by Gasteiger charge is -2.35. The number of aliphatic hydroxyl groups is 1. The number of nitriles is 1. The molecule has 2 saturated heterocycles. The van der Waals surface area contributed by atoms with E-state index in [1.54, 1.807) is 12.3 Å². The summed E-state index contributed by atoms with van der Waals surface area (Å²) in [5, 5.41) is 25.8. The van der Waals surface area contributed by atoms with Crippen molar-refractivity contribution in [3.63, 3.8) is 0 Å². The van der Waals surface area contributed by atoms with Gasteiger partial charge in [-0.3, -0.25) is 15.1 Å². The molecule has 4 atom stereocenters. The summed E-state index contributed by atoms with van der Waals surface area (Å²) >= 11 is 0. The van der Waals surface area contributed by atoms with Gasteiger partial charge in [0.05, 0.1) is 37.1 Å². The number of carbonyl (C=O) groups is 1. The van der Waals surface area contributed by atoms with Gasteiger partial charge in [0, 0.05) is 31.8 Å². The van der Waals surface area contributed by atoms with E-state index in [1.165, 1.54) is 6.20 Å². The largest absolute Gasteiger partial charge is 0.489 e. The number of carbonyl (C=O) groups excluding carboxylic acids is 1. The normalized spacial score (nSPS) is 28.2. The third-order valence-corrected chi connectivity index (χ3v) is 4.52. The van der Waals surface area contributed by atoms with Gasteiger partial charge in [-0.05, 0) is 5.92 Å². The molecule has 10 heteroatoms. The third-order valence-electron chi connectivity index (χ3n) is 4.52. The van der Waals surface area contributed by atoms with Crippen LogP contribution in [0.15, 0.2) is 18.5 Å². The Hall–Kier alpha value is -2.29. The second-order valence-corrected chi connectivity index (χ2v) is 6.35. The van der Waals surface area contributed by atoms with Crippen molar-refractivity contribution in [1.82, 2.24) is 20.7 Å². The minimum atomic E-state index is -0.549. The van der Waals surface area contributed by atoms with E-state index < -0.39 is 12.1 Å². The van der Waals surface area contributed by atoms with Crippen LogP contribution >= 0.6 is 0 Å². The van der Waals surface area contributed by atoms with E-state index in [1.807, 2.05) is 5.01 Å². The van der Waals surface area contributed by atoms with E-state index in [0.29, 0.717) is 30.9 Å². The number of aliphatic hydroxyl groups excluding tert-OH is 1. The van der Waals surface area contributed by atoms with Crippen LogP contribution in [0.3, 0.4) is 0 Å². The number of nitrogens with one attached hydrogen (secondary N) is 3. The molecule has 2 aliphatic rings. The topological polar surface area (TPSA) is 149 Å². The van der Waals surface area contributed by atoms with Crippen LogP contribution in [0.2, 0.25) is 0 Å². The molecular weight excluding hydrogens is 338 g/mol. The molecule has 0 saturated carbocycles. The zero-order valence-corrected chi connectivity index (χ0v) is 14.3. The number of amides is 1. The van der Waals surface area contributed by atoms with E-state index >= 15 is 0 Å². The van der Waals surface area contributed by atoms with Gasteiger partial charge in [0.1, 0.15) is 18.0 Å². The van der Waals surface area contributed by atoms with Crippen LogP contribution in [0, 0.1) is 23.2 Å². The monoisotopic (exact) mass is 361 g/mol. The standard InChI is InChI=1S/C16H23N7O3/c17-3-1-10-7-20-15-13(14(18)22-23(15)9-10)16(25)21-11-8-19-4-2-12(11)26-6-5-24/h2,4,8,10,13-15,20,22,24H,1,5-7,9,18H2,(H,21,25). The smallest absolute Gasteiger partial charge is 0.233 e. The van der Waals surface area contributed by atoms with Crippen molar-refractivity contribution in [3.05, 3.63) is 18.5 Å². The van der Waals surface area contributed by atoms with Crippen LogP contribution < -0.4 is 26.5 Å². The summed E-state index contributed by atoms with van der Waals surface area (Å²) in [6.07, 6.45) is 2.69. The van der Waals surface area contributed by atoms with E-state index in [2.05, 4.69) is 27.1 Å². The number of hydrogen-bond donors (Lipinski definition) is 5. The molecule has 2 aliphatic heterocycles. The van der Waals surface area contributed by atoms with Gasteiger partial charge in [0.15, 0.2) is 0 Å². The van der Waals surface area contributed by atoms with Crippen LogP contribution in [0.25, 0.3) is 0 Å². The van der Waals surface area contributed by atoms with Crippen molar-refractivity contribution < 1.29 is 14.6 Å². The predicted octanol–water partition coefficient (Wildman–Crippen LogP) is -1.43. The second kappa shape index (κ2) is 8.39. The van der Waals surface area contributed by atoms with E-state index in [0.717, 1.165) is 0 Å². The summed E-state index contributed by atoms with van der Waals surface area (Å²) in [6, 6.07) is 3.80. The average Bonchev–Trinajstić information content (AvgIpc) is 2.96. The molecule has 0 spiro atoms. The lowest BCUT2D eigenvalue weighted by atomic mass is 9.98. The maximum absolute atomic E-state index is 12.8. The first-order valence-electron chi connectivity index (χ1n) is 8.51. The Morgan fingerprint density at radius 3 is 3.23 bits per heavy atom. The Bertz CT molecular complexity index is 680. The molecule has 140 valence electrons. The average molecular weight is 361 g/mol. The van der Waals surface area contributed by atoms with Crippen molar-refractivity contribution in [2.45, 2.75) is 18.8 Å². The number of nitrogens with zero attached hydrogens (tertiary/aromatic N) is 3. The number of nitrogens with two attached hydrogens (primary N) is 1. The summed E-state index contributed by atoms with van der Waals surface area (Å²) in [5.41, 5.74) is 9.67. The highest BCUT2D eigenvalue weighted by Gasteiger charge is 2.46. The molecule has 4 unspecified atom stereocenters. The van der Waals surface area contributed by atoms with Gasteiger partial charge in [-0.25, -0.2) is 10.4 Å². The summed E-state index contributed by atoms with van der Waals surface area (Å²) in [6.45, 7) is 1.30. The molecule has 0 bridgehead atoms. The van der Waals surface area contributed by atoms with Crippen LogP contribution in [0.1, 0.15) is 6.42 Å². The zero-order chi connectivity index (χ0) is 18.5. The highest BCUT2D eigenvalue weighted by Crippen LogP contribution is 2.27. The summed E-state index contributed by atoms with van der Waals surface area (Å²) in [4.78, 5) is 16.8. The van der Waals surface area contributed by atoms with Crippen molar-refractivity contribution in [1.29, 1.82) is 5.26 Å². The molecule has 3 rings (SSSR count). The predicted molar refractivity (Wildman–Crippen MR) is 92.3 cm³/mol. The van der Waals surface area contributed by atoms with Crippen molar-refractivity contribution >= 4 is 11.6 Å². The molecule has 0 radical (unpaired) electrons. The highest BCUT2D eigenvalue weighted by atomic mass is 16.5. The Balaban J connectivity index is 1.68. The molecule has 3 heterocycles. The number of ether oxygens (including phenoxy) is 1. The number of anilines is 1. The van der Waals surface area contributed by atoms with Gasteiger partial charge >= 0.3 is 0 Å². The SMILES string of the molecule is N#CCC1CNC2C(C(=O)Nc3cnccc3OCCO)C(N)NN2C1. The number of pyridine rings is 1. The summed E-state index contributed by atoms with van der Waals surface area (Å²) in [5.74, 6) is -0.159. The quantitative estimate of drug-likeness (QED) is 0.411. The molecule has 0 aromatic carbocycles. The van der Waals surface area contributed by atoms with E-state index in [-0.39, 0.29) is 31.2 Å². The second-order valence-electron chi connectivity index (χ2n) is 6.35. The molecular formula is C16H23N7O3. The van der Waals surface area contributed by atoms with Crippen LogP contribution in [-0.2, 0) is 4.79 Å². The molecule has 0 aliphatic carbocycles. The fourth-order valence-electron chi connectivity index (χ4n) is 3.32. The van der Waals surface area contributed by atoms with Crippen molar-refractivity contribution in [3.8, 4) is 11.8 Å². The number of rotatable bonds is 6. The molecule has 6 N–H and O–H groups in total. The van der Waals surface area contributed by atoms with Crippen molar-refractivity contribution in [2.75, 3.05) is 31.6 Å². The number of fused-ring (bicyclic) bond motifs is 1. The third kappa shape index (κ3) is 3.92. The van der Waals surface area contributed by atoms with Gasteiger partial charge in [-0.15, -0.1) is 0 Å². The van der Waals surface area contributed by atoms with Gasteiger partial charge in [-0.1, -0.05) is 0 Å². The minimum Gasteiger partial charge on any atom is -0.489 e. The molecule has 26 heavy (non-hydrogen) atoms. The van der Waals surface area contributed by atoms with Crippen LogP contribution in [0.4, 0.5) is 5.69 Å². The van der Waals surface area contributed by atoms with Crippen molar-refractivity contribution in [2.24, 2.45) is 17.6 Å². The van der Waals surface area contributed by atoms with Gasteiger partial charge in [0.2, 0.25) is 5.91 Å². The molecule has 2 fully saturated rings. The fourth-order valence-corrected chi connectivity index (χ4v) is 3.32. The zero-order valence-electron chi connectivity index (χ0n) is 14.3. The first-order valence-corrected chi connectivity index (χ1v) is 8.51. The Kier molecular flexibility index (Phi) is 5.97. The number of aromatic nitrogens is 1. The lowest BCUT2D eigenvalue weighted by Crippen LogP contribution is -2.57. The van der Waals surface area contributed by atoms with E-state index in [4.69, 9.17) is 20.8 Å². The first kappa shape index (κ1) is 18.5. The molecule has 1 aromatic heterocycles. The number of hydrogen-bond acceptors (Lipinski definition) is 9. The maximum Gasteiger partial charge on any atom is 0.233 e.